The predicted molar refractivity (Wildman–Crippen MR) is 97.3 cm³/mol. The lowest BCUT2D eigenvalue weighted by Crippen LogP contribution is -2.25. The molecule has 0 bridgehead atoms. The van der Waals surface area contributed by atoms with Crippen molar-refractivity contribution in [3.8, 4) is 0 Å². The number of halogens is 1. The quantitative estimate of drug-likeness (QED) is 0.581. The van der Waals surface area contributed by atoms with Crippen LogP contribution in [0.5, 0.6) is 0 Å². The molecule has 2 rings (SSSR count). The number of aryl methyl sites for hydroxylation is 1. The molecule has 126 valence electrons. The van der Waals surface area contributed by atoms with Gasteiger partial charge in [0, 0.05) is 18.1 Å². The summed E-state index contributed by atoms with van der Waals surface area (Å²) < 4.78 is 6.06. The zero-order valence-electron chi connectivity index (χ0n) is 13.8. The third-order valence-corrected chi connectivity index (χ3v) is 3.62. The normalized spacial score (nSPS) is 10.1. The number of pyridine rings is 1. The molecule has 0 saturated heterocycles. The van der Waals surface area contributed by atoms with Crippen molar-refractivity contribution in [3.05, 3.63) is 50.9 Å². The number of aromatic nitrogens is 2. The second kappa shape index (κ2) is 10.2. The van der Waals surface area contributed by atoms with Gasteiger partial charge in [0.1, 0.15) is 5.39 Å². The number of allylic oxidation sites excluding steroid dienone is 2. The number of fused-ring (bicyclic) bond motifs is 1. The van der Waals surface area contributed by atoms with Crippen molar-refractivity contribution >= 4 is 27.0 Å². The van der Waals surface area contributed by atoms with Gasteiger partial charge >= 0.3 is 11.4 Å². The Labute approximate surface area is 144 Å². The van der Waals surface area contributed by atoms with Crippen molar-refractivity contribution in [2.75, 3.05) is 5.33 Å². The van der Waals surface area contributed by atoms with Gasteiger partial charge in [-0.05, 0) is 38.8 Å². The topological polar surface area (TPSA) is 65.1 Å². The number of unbranched alkanes of at least 4 members (excludes halogenated alkanes) is 1. The Morgan fingerprint density at radius 2 is 2.13 bits per heavy atom. The lowest BCUT2D eigenvalue weighted by molar-refractivity contribution is 0.415. The van der Waals surface area contributed by atoms with E-state index in [9.17, 15) is 9.59 Å². The van der Waals surface area contributed by atoms with Gasteiger partial charge in [0.15, 0.2) is 5.65 Å². The molecule has 2 heterocycles. The van der Waals surface area contributed by atoms with E-state index in [-0.39, 0.29) is 0 Å². The molecule has 5 nitrogen and oxygen atoms in total. The molecule has 0 amide bonds. The van der Waals surface area contributed by atoms with E-state index in [4.69, 9.17) is 0 Å². The summed E-state index contributed by atoms with van der Waals surface area (Å²) in [6, 6.07) is 3.25. The average Bonchev–Trinajstić information content (AvgIpc) is 2.52. The molecule has 0 aliphatic carbocycles. The molecule has 0 spiro atoms. The molecule has 0 fully saturated rings. The number of hydrogen-bond donors (Lipinski definition) is 0. The van der Waals surface area contributed by atoms with E-state index in [1.54, 1.807) is 18.3 Å². The Morgan fingerprint density at radius 3 is 2.70 bits per heavy atom. The van der Waals surface area contributed by atoms with Crippen molar-refractivity contribution in [2.24, 2.45) is 0 Å². The predicted octanol–water partition coefficient (Wildman–Crippen LogP) is 3.89. The van der Waals surface area contributed by atoms with Gasteiger partial charge < -0.3 is 4.42 Å². The van der Waals surface area contributed by atoms with Crippen LogP contribution in [-0.2, 0) is 6.54 Å². The van der Waals surface area contributed by atoms with Gasteiger partial charge in [0.05, 0.1) is 0 Å². The van der Waals surface area contributed by atoms with Gasteiger partial charge in [-0.2, -0.15) is 0 Å². The first-order chi connectivity index (χ1) is 11.0. The number of rotatable bonds is 5. The van der Waals surface area contributed by atoms with Crippen LogP contribution in [-0.4, -0.2) is 14.9 Å². The molecule has 0 N–H and O–H groups in total. The van der Waals surface area contributed by atoms with Crippen LogP contribution in [0.1, 0.15) is 40.0 Å². The fourth-order valence-corrected chi connectivity index (χ4v) is 2.42. The van der Waals surface area contributed by atoms with Crippen molar-refractivity contribution in [1.82, 2.24) is 9.55 Å². The van der Waals surface area contributed by atoms with Crippen LogP contribution in [0, 0.1) is 0 Å². The first-order valence-electron chi connectivity index (χ1n) is 7.69. The van der Waals surface area contributed by atoms with Crippen LogP contribution in [0.2, 0.25) is 0 Å². The minimum Gasteiger partial charge on any atom is -0.372 e. The van der Waals surface area contributed by atoms with Gasteiger partial charge in [-0.1, -0.05) is 40.9 Å². The van der Waals surface area contributed by atoms with Crippen molar-refractivity contribution in [2.45, 2.75) is 46.6 Å². The highest BCUT2D eigenvalue weighted by Crippen LogP contribution is 2.05. The first kappa shape index (κ1) is 19.4. The maximum atomic E-state index is 11.7. The van der Waals surface area contributed by atoms with Gasteiger partial charge in [-0.15, -0.1) is 0 Å². The molecular weight excluding hydrogens is 360 g/mol. The second-order valence-corrected chi connectivity index (χ2v) is 6.09. The first-order valence-corrected chi connectivity index (χ1v) is 8.81. The molecule has 0 atom stereocenters. The van der Waals surface area contributed by atoms with E-state index < -0.39 is 11.4 Å². The fraction of sp³-hybridized carbons (Fsp3) is 0.471. The summed E-state index contributed by atoms with van der Waals surface area (Å²) >= 11 is 3.31. The van der Waals surface area contributed by atoms with Gasteiger partial charge in [-0.25, -0.2) is 14.6 Å². The maximum Gasteiger partial charge on any atom is 0.423 e. The van der Waals surface area contributed by atoms with Crippen molar-refractivity contribution in [3.63, 3.8) is 0 Å². The van der Waals surface area contributed by atoms with Crippen LogP contribution in [0.3, 0.4) is 0 Å². The highest BCUT2D eigenvalue weighted by molar-refractivity contribution is 9.09. The molecule has 23 heavy (non-hydrogen) atoms. The average molecular weight is 383 g/mol. The van der Waals surface area contributed by atoms with Crippen LogP contribution < -0.4 is 11.4 Å². The van der Waals surface area contributed by atoms with Gasteiger partial charge in [-0.3, -0.25) is 4.57 Å². The van der Waals surface area contributed by atoms with Crippen molar-refractivity contribution in [1.29, 1.82) is 0 Å². The van der Waals surface area contributed by atoms with Crippen LogP contribution >= 0.6 is 15.9 Å². The molecule has 6 heteroatoms. The fourth-order valence-electron chi connectivity index (χ4n) is 1.86. The highest BCUT2D eigenvalue weighted by atomic mass is 79.9. The maximum absolute atomic E-state index is 11.7. The van der Waals surface area contributed by atoms with E-state index in [2.05, 4.69) is 32.3 Å². The van der Waals surface area contributed by atoms with E-state index in [0.717, 1.165) is 5.33 Å². The lowest BCUT2D eigenvalue weighted by Gasteiger charge is -2.05. The monoisotopic (exact) mass is 382 g/mol. The molecule has 0 aliphatic rings. The summed E-state index contributed by atoms with van der Waals surface area (Å²) in [4.78, 5) is 27.3. The van der Waals surface area contributed by atoms with Gasteiger partial charge in [0.2, 0.25) is 0 Å². The van der Waals surface area contributed by atoms with E-state index in [1.807, 2.05) is 19.9 Å². The third-order valence-electron chi connectivity index (χ3n) is 3.06. The smallest absolute Gasteiger partial charge is 0.372 e. The van der Waals surface area contributed by atoms with Crippen LogP contribution in [0.15, 0.2) is 44.0 Å². The molecule has 0 radical (unpaired) electrons. The molecule has 0 saturated carbocycles. The largest absolute Gasteiger partial charge is 0.423 e. The zero-order chi connectivity index (χ0) is 17.2. The second-order valence-electron chi connectivity index (χ2n) is 5.29. The Hall–Kier alpha value is -1.69. The standard InChI is InChI=1S/C13H14N2O3.C4H9Br/c1-9(2)5-4-8-15-11-10(6-3-7-14-11)12(16)18-13(15)17;1-2-3-4-5/h3,5-7H,4,8H2,1-2H3;2-4H2,1H3. The summed E-state index contributed by atoms with van der Waals surface area (Å²) in [7, 11) is 0. The minimum atomic E-state index is -0.659. The summed E-state index contributed by atoms with van der Waals surface area (Å²) in [5.41, 5.74) is 0.917. The number of hydrogen-bond acceptors (Lipinski definition) is 4. The SMILES string of the molecule is CC(C)=CCCn1c(=O)oc(=O)c2cccnc21.CCCCBr. The molecule has 0 unspecified atom stereocenters. The summed E-state index contributed by atoms with van der Waals surface area (Å²) in [6.07, 6.45) is 6.87. The molecule has 0 aliphatic heterocycles. The molecule has 2 aromatic rings. The lowest BCUT2D eigenvalue weighted by atomic mass is 10.2. The Morgan fingerprint density at radius 1 is 1.39 bits per heavy atom. The van der Waals surface area contributed by atoms with E-state index in [1.165, 1.54) is 23.0 Å². The van der Waals surface area contributed by atoms with E-state index >= 15 is 0 Å². The summed E-state index contributed by atoms with van der Waals surface area (Å²) in [5, 5.41) is 1.48. The third kappa shape index (κ3) is 6.14. The van der Waals surface area contributed by atoms with E-state index in [0.29, 0.717) is 24.0 Å². The number of alkyl halides is 1. The molecule has 0 aromatic carbocycles. The summed E-state index contributed by atoms with van der Waals surface area (Å²) in [5.74, 6) is -0.659. The van der Waals surface area contributed by atoms with Crippen LogP contribution in [0.4, 0.5) is 0 Å². The van der Waals surface area contributed by atoms with Gasteiger partial charge in [0.25, 0.3) is 0 Å². The highest BCUT2D eigenvalue weighted by Gasteiger charge is 2.08. The molecular formula is C17H23BrN2O3. The zero-order valence-corrected chi connectivity index (χ0v) is 15.4. The Balaban J connectivity index is 0.000000463. The Bertz CT molecular complexity index is 756. The Kier molecular flexibility index (Phi) is 8.55. The van der Waals surface area contributed by atoms with Crippen molar-refractivity contribution < 1.29 is 4.42 Å². The minimum absolute atomic E-state index is 0.328. The summed E-state index contributed by atoms with van der Waals surface area (Å²) in [6.45, 7) is 6.61. The molecule has 2 aromatic heterocycles. The van der Waals surface area contributed by atoms with Crippen LogP contribution in [0.25, 0.3) is 11.0 Å². The number of nitrogens with zero attached hydrogens (tertiary/aromatic N) is 2.